The molecule has 0 saturated heterocycles. The molecule has 1 rings (SSSR count). The summed E-state index contributed by atoms with van der Waals surface area (Å²) in [5.41, 5.74) is 6.43. The topological polar surface area (TPSA) is 29.3 Å². The van der Waals surface area contributed by atoms with Crippen LogP contribution in [0.2, 0.25) is 5.02 Å². The normalized spacial score (nSPS) is 10.8. The molecule has 16 heavy (non-hydrogen) atoms. The first kappa shape index (κ1) is 13.4. The average Bonchev–Trinajstić information content (AvgIpc) is 2.22. The number of likely N-dealkylation sites (N-methyl/N-ethyl adjacent to an activating group) is 1. The highest BCUT2D eigenvalue weighted by Crippen LogP contribution is 2.17. The Morgan fingerprint density at radius 1 is 1.56 bits per heavy atom. The van der Waals surface area contributed by atoms with Crippen molar-refractivity contribution in [3.8, 4) is 0 Å². The molecule has 0 fully saturated rings. The highest BCUT2D eigenvalue weighted by molar-refractivity contribution is 7.80. The molecule has 0 aromatic heterocycles. The van der Waals surface area contributed by atoms with Gasteiger partial charge in [0.15, 0.2) is 0 Å². The summed E-state index contributed by atoms with van der Waals surface area (Å²) in [5.74, 6) is -0.400. The van der Waals surface area contributed by atoms with E-state index < -0.39 is 5.82 Å². The van der Waals surface area contributed by atoms with E-state index in [2.05, 4.69) is 4.90 Å². The van der Waals surface area contributed by atoms with Gasteiger partial charge in [0.05, 0.1) is 10.0 Å². The molecule has 0 aliphatic heterocycles. The second-order valence-electron chi connectivity index (χ2n) is 3.52. The van der Waals surface area contributed by atoms with E-state index in [0.717, 1.165) is 12.1 Å². The molecule has 0 spiro atoms. The molecule has 0 heterocycles. The Morgan fingerprint density at radius 2 is 2.25 bits per heavy atom. The lowest BCUT2D eigenvalue weighted by Crippen LogP contribution is -2.32. The van der Waals surface area contributed by atoms with Crippen LogP contribution in [-0.4, -0.2) is 23.0 Å². The van der Waals surface area contributed by atoms with Crippen LogP contribution in [-0.2, 0) is 6.54 Å². The van der Waals surface area contributed by atoms with Gasteiger partial charge < -0.3 is 5.73 Å². The molecule has 0 unspecified atom stereocenters. The van der Waals surface area contributed by atoms with Crippen molar-refractivity contribution in [3.05, 3.63) is 34.6 Å². The average molecular weight is 261 g/mol. The second-order valence-corrected chi connectivity index (χ2v) is 4.45. The fourth-order valence-corrected chi connectivity index (χ4v) is 1.78. The minimum absolute atomic E-state index is 0.142. The van der Waals surface area contributed by atoms with Crippen molar-refractivity contribution in [2.75, 3.05) is 13.1 Å². The molecule has 0 radical (unpaired) electrons. The molecule has 0 saturated carbocycles. The maximum absolute atomic E-state index is 12.9. The van der Waals surface area contributed by atoms with Crippen LogP contribution in [0.3, 0.4) is 0 Å². The summed E-state index contributed by atoms with van der Waals surface area (Å²) in [4.78, 5) is 2.52. The molecule has 0 aliphatic rings. The molecular formula is C11H14ClFN2S. The quantitative estimate of drug-likeness (QED) is 0.826. The molecule has 0 bridgehead atoms. The lowest BCUT2D eigenvalue weighted by atomic mass is 10.2. The summed E-state index contributed by atoms with van der Waals surface area (Å²) in [5, 5.41) is 0.142. The van der Waals surface area contributed by atoms with Gasteiger partial charge in [-0.25, -0.2) is 4.39 Å². The maximum atomic E-state index is 12.9. The number of nitrogens with zero attached hydrogens (tertiary/aromatic N) is 1. The molecule has 2 nitrogen and oxygen atoms in total. The number of nitrogens with two attached hydrogens (primary N) is 1. The van der Waals surface area contributed by atoms with Crippen LogP contribution in [0.25, 0.3) is 0 Å². The zero-order valence-electron chi connectivity index (χ0n) is 9.04. The van der Waals surface area contributed by atoms with Crippen molar-refractivity contribution in [1.29, 1.82) is 0 Å². The largest absolute Gasteiger partial charge is 0.392 e. The molecule has 0 aliphatic carbocycles. The van der Waals surface area contributed by atoms with Crippen LogP contribution >= 0.6 is 23.8 Å². The van der Waals surface area contributed by atoms with E-state index in [4.69, 9.17) is 29.6 Å². The first-order valence-corrected chi connectivity index (χ1v) is 5.76. The molecular weight excluding hydrogens is 247 g/mol. The number of hydrogen-bond acceptors (Lipinski definition) is 2. The van der Waals surface area contributed by atoms with Crippen LogP contribution in [0.4, 0.5) is 4.39 Å². The van der Waals surface area contributed by atoms with Gasteiger partial charge in [0, 0.05) is 13.1 Å². The van der Waals surface area contributed by atoms with Crippen molar-refractivity contribution < 1.29 is 4.39 Å². The van der Waals surface area contributed by atoms with Crippen molar-refractivity contribution in [2.24, 2.45) is 5.73 Å². The second kappa shape index (κ2) is 6.13. The zero-order valence-corrected chi connectivity index (χ0v) is 10.6. The molecule has 5 heteroatoms. The molecule has 88 valence electrons. The minimum Gasteiger partial charge on any atom is -0.392 e. The Morgan fingerprint density at radius 3 is 2.75 bits per heavy atom. The molecule has 0 amide bonds. The number of hydrogen-bond donors (Lipinski definition) is 1. The first-order valence-electron chi connectivity index (χ1n) is 4.97. The van der Waals surface area contributed by atoms with E-state index in [-0.39, 0.29) is 5.02 Å². The van der Waals surface area contributed by atoms with Gasteiger partial charge in [-0.05, 0) is 24.2 Å². The lowest BCUT2D eigenvalue weighted by molar-refractivity contribution is 0.321. The minimum atomic E-state index is -0.400. The van der Waals surface area contributed by atoms with E-state index in [0.29, 0.717) is 18.1 Å². The summed E-state index contributed by atoms with van der Waals surface area (Å²) >= 11 is 10.6. The molecule has 1 aromatic rings. The van der Waals surface area contributed by atoms with Gasteiger partial charge in [-0.15, -0.1) is 0 Å². The number of rotatable bonds is 5. The summed E-state index contributed by atoms with van der Waals surface area (Å²) in [6.07, 6.45) is 0. The Bertz CT molecular complexity index is 384. The standard InChI is InChI=1S/C11H14ClFN2S/c1-2-15(7-11(14)16)6-8-3-4-10(13)9(12)5-8/h3-5H,2,6-7H2,1H3,(H2,14,16). The number of halogens is 2. The van der Waals surface area contributed by atoms with Crippen LogP contribution in [0.1, 0.15) is 12.5 Å². The predicted octanol–water partition coefficient (Wildman–Crippen LogP) is 2.59. The Kier molecular flexibility index (Phi) is 5.12. The summed E-state index contributed by atoms with van der Waals surface area (Å²) in [6, 6.07) is 4.70. The Balaban J connectivity index is 2.70. The SMILES string of the molecule is CCN(CC(N)=S)Cc1ccc(F)c(Cl)c1. The molecule has 2 N–H and O–H groups in total. The van der Waals surface area contributed by atoms with Crippen molar-refractivity contribution in [1.82, 2.24) is 4.90 Å². The summed E-state index contributed by atoms with van der Waals surface area (Å²) in [7, 11) is 0. The summed E-state index contributed by atoms with van der Waals surface area (Å²) in [6.45, 7) is 4.06. The number of benzene rings is 1. The first-order chi connectivity index (χ1) is 7.52. The van der Waals surface area contributed by atoms with Gasteiger partial charge >= 0.3 is 0 Å². The Labute approximate surface area is 105 Å². The van der Waals surface area contributed by atoms with Crippen LogP contribution < -0.4 is 5.73 Å². The zero-order chi connectivity index (χ0) is 12.1. The van der Waals surface area contributed by atoms with E-state index in [1.807, 2.05) is 6.92 Å². The fourth-order valence-electron chi connectivity index (χ4n) is 1.40. The summed E-state index contributed by atoms with van der Waals surface area (Å²) < 4.78 is 12.9. The highest BCUT2D eigenvalue weighted by atomic mass is 35.5. The lowest BCUT2D eigenvalue weighted by Gasteiger charge is -2.19. The van der Waals surface area contributed by atoms with Gasteiger partial charge in [0.1, 0.15) is 5.82 Å². The van der Waals surface area contributed by atoms with Gasteiger partial charge in [-0.2, -0.15) is 0 Å². The van der Waals surface area contributed by atoms with Crippen LogP contribution in [0.5, 0.6) is 0 Å². The molecule has 1 aromatic carbocycles. The smallest absolute Gasteiger partial charge is 0.141 e. The third-order valence-electron chi connectivity index (χ3n) is 2.22. The van der Waals surface area contributed by atoms with Crippen molar-refractivity contribution in [3.63, 3.8) is 0 Å². The highest BCUT2D eigenvalue weighted by Gasteiger charge is 2.07. The van der Waals surface area contributed by atoms with E-state index in [1.165, 1.54) is 6.07 Å². The van der Waals surface area contributed by atoms with Crippen molar-refractivity contribution in [2.45, 2.75) is 13.5 Å². The van der Waals surface area contributed by atoms with Gasteiger partial charge in [0.25, 0.3) is 0 Å². The third kappa shape index (κ3) is 4.04. The predicted molar refractivity (Wildman–Crippen MR) is 69.1 cm³/mol. The van der Waals surface area contributed by atoms with E-state index in [1.54, 1.807) is 12.1 Å². The number of thiocarbonyl (C=S) groups is 1. The van der Waals surface area contributed by atoms with E-state index in [9.17, 15) is 4.39 Å². The monoisotopic (exact) mass is 260 g/mol. The van der Waals surface area contributed by atoms with Crippen LogP contribution in [0.15, 0.2) is 18.2 Å². The third-order valence-corrected chi connectivity index (χ3v) is 2.64. The van der Waals surface area contributed by atoms with Crippen molar-refractivity contribution >= 4 is 28.8 Å². The van der Waals surface area contributed by atoms with Gasteiger partial charge in [-0.1, -0.05) is 36.8 Å². The fraction of sp³-hybridized carbons (Fsp3) is 0.364. The Hall–Kier alpha value is -0.710. The molecule has 0 atom stereocenters. The maximum Gasteiger partial charge on any atom is 0.141 e. The van der Waals surface area contributed by atoms with Gasteiger partial charge in [-0.3, -0.25) is 4.90 Å². The van der Waals surface area contributed by atoms with Crippen LogP contribution in [0, 0.1) is 5.82 Å². The van der Waals surface area contributed by atoms with E-state index >= 15 is 0 Å². The van der Waals surface area contributed by atoms with Gasteiger partial charge in [0.2, 0.25) is 0 Å².